The van der Waals surface area contributed by atoms with E-state index in [0.29, 0.717) is 23.9 Å². The molecule has 0 aromatic carbocycles. The highest BCUT2D eigenvalue weighted by Gasteiger charge is 2.20. The minimum Gasteiger partial charge on any atom is -0.357 e. The number of anilines is 2. The Morgan fingerprint density at radius 1 is 1.19 bits per heavy atom. The maximum Gasteiger partial charge on any atom is 0.241 e. The zero-order valence-corrected chi connectivity index (χ0v) is 12.5. The Labute approximate surface area is 124 Å². The predicted octanol–water partition coefficient (Wildman–Crippen LogP) is 2.09. The second-order valence-corrected chi connectivity index (χ2v) is 5.62. The van der Waals surface area contributed by atoms with Crippen LogP contribution < -0.4 is 10.6 Å². The monoisotopic (exact) mass is 287 g/mol. The van der Waals surface area contributed by atoms with Gasteiger partial charge in [0.1, 0.15) is 6.33 Å². The van der Waals surface area contributed by atoms with Crippen molar-refractivity contribution in [3.63, 3.8) is 0 Å². The van der Waals surface area contributed by atoms with Crippen molar-refractivity contribution in [2.24, 2.45) is 5.92 Å². The van der Waals surface area contributed by atoms with E-state index in [9.17, 15) is 0 Å². The summed E-state index contributed by atoms with van der Waals surface area (Å²) in [7, 11) is 1.81. The first kappa shape index (κ1) is 13.8. The zero-order chi connectivity index (χ0) is 14.7. The van der Waals surface area contributed by atoms with Crippen molar-refractivity contribution < 1.29 is 0 Å². The molecule has 2 aromatic heterocycles. The van der Waals surface area contributed by atoms with Crippen LogP contribution in [-0.2, 0) is 0 Å². The molecule has 2 atom stereocenters. The molecule has 7 heteroatoms. The van der Waals surface area contributed by atoms with Crippen LogP contribution >= 0.6 is 0 Å². The molecule has 0 bridgehead atoms. The maximum absolute atomic E-state index is 4.49. The normalized spacial score (nSPS) is 22.0. The summed E-state index contributed by atoms with van der Waals surface area (Å²) in [6.45, 7) is 2.30. The molecule has 112 valence electrons. The van der Waals surface area contributed by atoms with Crippen molar-refractivity contribution in [2.45, 2.75) is 38.6 Å². The molecule has 2 N–H and O–H groups in total. The quantitative estimate of drug-likeness (QED) is 0.896. The van der Waals surface area contributed by atoms with Crippen LogP contribution in [-0.4, -0.2) is 37.6 Å². The highest BCUT2D eigenvalue weighted by atomic mass is 15.3. The number of rotatable bonds is 4. The molecule has 1 aliphatic carbocycles. The molecular weight excluding hydrogens is 266 g/mol. The first-order valence-corrected chi connectivity index (χ1v) is 7.43. The van der Waals surface area contributed by atoms with Gasteiger partial charge < -0.3 is 10.6 Å². The Kier molecular flexibility index (Phi) is 3.98. The Morgan fingerprint density at radius 2 is 2.05 bits per heavy atom. The van der Waals surface area contributed by atoms with Crippen LogP contribution in [0.1, 0.15) is 32.6 Å². The van der Waals surface area contributed by atoms with Gasteiger partial charge in [-0.1, -0.05) is 19.8 Å². The molecule has 0 spiro atoms. The number of imidazole rings is 1. The largest absolute Gasteiger partial charge is 0.357 e. The van der Waals surface area contributed by atoms with E-state index < -0.39 is 0 Å². The number of hydrogen-bond donors (Lipinski definition) is 2. The van der Waals surface area contributed by atoms with E-state index in [-0.39, 0.29) is 0 Å². The number of aromatic nitrogens is 5. The lowest BCUT2D eigenvalue weighted by molar-refractivity contribution is 0.357. The van der Waals surface area contributed by atoms with E-state index in [1.165, 1.54) is 25.7 Å². The van der Waals surface area contributed by atoms with Crippen LogP contribution in [0.15, 0.2) is 18.7 Å². The number of hydrogen-bond acceptors (Lipinski definition) is 6. The van der Waals surface area contributed by atoms with Gasteiger partial charge in [0, 0.05) is 25.5 Å². The van der Waals surface area contributed by atoms with Gasteiger partial charge in [-0.25, -0.2) is 4.98 Å². The van der Waals surface area contributed by atoms with Crippen LogP contribution in [0.4, 0.5) is 11.9 Å². The van der Waals surface area contributed by atoms with Crippen LogP contribution in [0.3, 0.4) is 0 Å². The van der Waals surface area contributed by atoms with Crippen molar-refractivity contribution in [3.05, 3.63) is 18.7 Å². The SMILES string of the molecule is CNc1nc(NC2CCCC(C)C2)nc(-n2ccnc2)n1. The van der Waals surface area contributed by atoms with Gasteiger partial charge in [0.05, 0.1) is 0 Å². The van der Waals surface area contributed by atoms with Gasteiger partial charge in [0.15, 0.2) is 0 Å². The number of nitrogens with one attached hydrogen (secondary N) is 2. The lowest BCUT2D eigenvalue weighted by Gasteiger charge is -2.27. The van der Waals surface area contributed by atoms with Crippen molar-refractivity contribution in [2.75, 3.05) is 17.7 Å². The van der Waals surface area contributed by atoms with Gasteiger partial charge in [0.25, 0.3) is 0 Å². The lowest BCUT2D eigenvalue weighted by Crippen LogP contribution is -2.27. The highest BCUT2D eigenvalue weighted by molar-refractivity contribution is 5.38. The van der Waals surface area contributed by atoms with E-state index in [0.717, 1.165) is 5.92 Å². The lowest BCUT2D eigenvalue weighted by atomic mass is 9.87. The van der Waals surface area contributed by atoms with Crippen molar-refractivity contribution in [3.8, 4) is 5.95 Å². The van der Waals surface area contributed by atoms with Gasteiger partial charge >= 0.3 is 0 Å². The topological polar surface area (TPSA) is 80.5 Å². The van der Waals surface area contributed by atoms with Gasteiger partial charge in [0.2, 0.25) is 17.8 Å². The first-order valence-electron chi connectivity index (χ1n) is 7.43. The molecule has 3 rings (SSSR count). The molecule has 2 aromatic rings. The molecule has 0 amide bonds. The predicted molar refractivity (Wildman–Crippen MR) is 81.5 cm³/mol. The molecule has 7 nitrogen and oxygen atoms in total. The van der Waals surface area contributed by atoms with E-state index in [2.05, 4.69) is 37.5 Å². The average Bonchev–Trinajstić information content (AvgIpc) is 3.01. The summed E-state index contributed by atoms with van der Waals surface area (Å²) in [5.74, 6) is 2.50. The fourth-order valence-electron chi connectivity index (χ4n) is 2.78. The Hall–Kier alpha value is -2.18. The summed E-state index contributed by atoms with van der Waals surface area (Å²) in [5.41, 5.74) is 0. The molecular formula is C14H21N7. The summed E-state index contributed by atoms with van der Waals surface area (Å²) in [4.78, 5) is 17.3. The van der Waals surface area contributed by atoms with E-state index in [4.69, 9.17) is 0 Å². The van der Waals surface area contributed by atoms with Crippen molar-refractivity contribution in [1.82, 2.24) is 24.5 Å². The first-order chi connectivity index (χ1) is 10.2. The summed E-state index contributed by atoms with van der Waals surface area (Å²) in [6.07, 6.45) is 10.1. The molecule has 2 heterocycles. The zero-order valence-electron chi connectivity index (χ0n) is 12.5. The third-order valence-corrected chi connectivity index (χ3v) is 3.85. The molecule has 21 heavy (non-hydrogen) atoms. The molecule has 1 fully saturated rings. The Balaban J connectivity index is 1.82. The van der Waals surface area contributed by atoms with E-state index in [1.807, 2.05) is 6.20 Å². The van der Waals surface area contributed by atoms with E-state index in [1.54, 1.807) is 24.1 Å². The molecule has 0 aliphatic heterocycles. The minimum atomic E-state index is 0.441. The summed E-state index contributed by atoms with van der Waals surface area (Å²) in [5, 5.41) is 6.43. The second kappa shape index (κ2) is 6.07. The third-order valence-electron chi connectivity index (χ3n) is 3.85. The summed E-state index contributed by atoms with van der Waals surface area (Å²) < 4.78 is 1.77. The average molecular weight is 287 g/mol. The summed E-state index contributed by atoms with van der Waals surface area (Å²) in [6, 6.07) is 0.441. The highest BCUT2D eigenvalue weighted by Crippen LogP contribution is 2.25. The molecule has 1 saturated carbocycles. The van der Waals surface area contributed by atoms with Gasteiger partial charge in [-0.3, -0.25) is 4.57 Å². The minimum absolute atomic E-state index is 0.441. The fraction of sp³-hybridized carbons (Fsp3) is 0.571. The van der Waals surface area contributed by atoms with Gasteiger partial charge in [-0.15, -0.1) is 0 Å². The molecule has 1 aliphatic rings. The summed E-state index contributed by atoms with van der Waals surface area (Å²) >= 11 is 0. The van der Waals surface area contributed by atoms with Crippen molar-refractivity contribution >= 4 is 11.9 Å². The van der Waals surface area contributed by atoms with Crippen molar-refractivity contribution in [1.29, 1.82) is 0 Å². The van der Waals surface area contributed by atoms with Gasteiger partial charge in [-0.2, -0.15) is 15.0 Å². The van der Waals surface area contributed by atoms with Crippen LogP contribution in [0.25, 0.3) is 5.95 Å². The molecule has 0 saturated heterocycles. The maximum atomic E-state index is 4.49. The van der Waals surface area contributed by atoms with Crippen LogP contribution in [0, 0.1) is 5.92 Å². The Morgan fingerprint density at radius 3 is 2.76 bits per heavy atom. The standard InChI is InChI=1S/C14H21N7/c1-10-4-3-5-11(8-10)17-13-18-12(15-2)19-14(20-13)21-7-6-16-9-21/h6-7,9-11H,3-5,8H2,1-2H3,(H2,15,17,18,19,20). The molecule has 0 radical (unpaired) electrons. The third kappa shape index (κ3) is 3.29. The second-order valence-electron chi connectivity index (χ2n) is 5.62. The van der Waals surface area contributed by atoms with E-state index >= 15 is 0 Å². The smallest absolute Gasteiger partial charge is 0.241 e. The Bertz CT molecular complexity index is 581. The van der Waals surface area contributed by atoms with Crippen LogP contribution in [0.5, 0.6) is 0 Å². The fourth-order valence-corrected chi connectivity index (χ4v) is 2.78. The van der Waals surface area contributed by atoms with Crippen LogP contribution in [0.2, 0.25) is 0 Å². The van der Waals surface area contributed by atoms with Gasteiger partial charge in [-0.05, 0) is 18.8 Å². The molecule has 2 unspecified atom stereocenters. The number of nitrogens with zero attached hydrogens (tertiary/aromatic N) is 5.